The third-order valence-electron chi connectivity index (χ3n) is 8.49. The van der Waals surface area contributed by atoms with Crippen molar-refractivity contribution < 1.29 is 18.0 Å². The van der Waals surface area contributed by atoms with Gasteiger partial charge in [-0.05, 0) is 60.6 Å². The highest BCUT2D eigenvalue weighted by atomic mass is 19.4. The molecule has 0 bridgehead atoms. The summed E-state index contributed by atoms with van der Waals surface area (Å²) in [6, 6.07) is 23.8. The Kier molecular flexibility index (Phi) is 8.41. The van der Waals surface area contributed by atoms with Crippen LogP contribution in [0.1, 0.15) is 70.6 Å². The van der Waals surface area contributed by atoms with Crippen LogP contribution in [0, 0.1) is 12.8 Å². The normalized spacial score (nSPS) is 20.7. The summed E-state index contributed by atoms with van der Waals surface area (Å²) < 4.78 is 40.1. The molecule has 1 amide bonds. The Morgan fingerprint density at radius 2 is 1.62 bits per heavy atom. The lowest BCUT2D eigenvalue weighted by molar-refractivity contribution is -0.137. The van der Waals surface area contributed by atoms with Gasteiger partial charge in [-0.25, -0.2) is 0 Å². The number of hydrogen-bond acceptors (Lipinski definition) is 2. The maximum atomic E-state index is 13.9. The van der Waals surface area contributed by atoms with Gasteiger partial charge in [-0.15, -0.1) is 0 Å². The lowest BCUT2D eigenvalue weighted by Gasteiger charge is -2.37. The van der Waals surface area contributed by atoms with Gasteiger partial charge in [-0.1, -0.05) is 79.9 Å². The van der Waals surface area contributed by atoms with Crippen molar-refractivity contribution >= 4 is 5.91 Å². The summed E-state index contributed by atoms with van der Waals surface area (Å²) in [6.07, 6.45) is 1.17. The first kappa shape index (κ1) is 27.4. The van der Waals surface area contributed by atoms with Crippen LogP contribution in [0.4, 0.5) is 13.2 Å². The van der Waals surface area contributed by atoms with Crippen LogP contribution in [0.25, 0.3) is 0 Å². The summed E-state index contributed by atoms with van der Waals surface area (Å²) in [5, 5.41) is 0. The second kappa shape index (κ2) is 12.0. The second-order valence-electron chi connectivity index (χ2n) is 11.2. The quantitative estimate of drug-likeness (QED) is 0.310. The summed E-state index contributed by atoms with van der Waals surface area (Å²) in [5.74, 6) is 0.473. The molecule has 1 saturated heterocycles. The Morgan fingerprint density at radius 3 is 2.33 bits per heavy atom. The number of carbonyl (C=O) groups excluding carboxylic acids is 1. The van der Waals surface area contributed by atoms with Crippen molar-refractivity contribution in [1.82, 2.24) is 9.80 Å². The Hall–Kier alpha value is -3.12. The Balaban J connectivity index is 1.42. The molecule has 2 fully saturated rings. The number of likely N-dealkylation sites (tertiary alicyclic amines) is 1. The van der Waals surface area contributed by atoms with Gasteiger partial charge in [0.1, 0.15) is 0 Å². The molecule has 3 aromatic rings. The Labute approximate surface area is 229 Å². The van der Waals surface area contributed by atoms with Crippen LogP contribution in [0.5, 0.6) is 0 Å². The standard InChI is InChI=1S/C33H37F3N2O/c1-24-11-8-9-18-30(24)31-23-37(20-25-12-10-15-28(19-25)33(34,35)36)21-27(31)22-38(29-16-6-3-7-17-29)32(39)26-13-4-2-5-14-26/h2,4-5,8-15,18-19,27,29,31H,3,6-7,16-17,20-23H2,1H3. The van der Waals surface area contributed by atoms with E-state index in [0.717, 1.165) is 44.8 Å². The van der Waals surface area contributed by atoms with Crippen molar-refractivity contribution in [2.24, 2.45) is 5.92 Å². The molecule has 2 aliphatic rings. The number of aryl methyl sites for hydroxylation is 1. The zero-order valence-electron chi connectivity index (χ0n) is 22.5. The molecule has 0 N–H and O–H groups in total. The Morgan fingerprint density at radius 1 is 0.897 bits per heavy atom. The summed E-state index contributed by atoms with van der Waals surface area (Å²) in [5.41, 5.74) is 3.26. The monoisotopic (exact) mass is 534 g/mol. The van der Waals surface area contributed by atoms with Gasteiger partial charge in [-0.2, -0.15) is 13.2 Å². The van der Waals surface area contributed by atoms with E-state index in [4.69, 9.17) is 0 Å². The van der Waals surface area contributed by atoms with Crippen LogP contribution in [0.3, 0.4) is 0 Å². The van der Waals surface area contributed by atoms with Crippen LogP contribution >= 0.6 is 0 Å². The van der Waals surface area contributed by atoms with Crippen molar-refractivity contribution in [2.45, 2.75) is 63.7 Å². The van der Waals surface area contributed by atoms with Gasteiger partial charge in [0, 0.05) is 43.7 Å². The fraction of sp³-hybridized carbons (Fsp3) is 0.424. The molecular weight excluding hydrogens is 497 g/mol. The van der Waals surface area contributed by atoms with Crippen molar-refractivity contribution in [3.63, 3.8) is 0 Å². The molecule has 3 nitrogen and oxygen atoms in total. The van der Waals surface area contributed by atoms with Crippen molar-refractivity contribution in [3.05, 3.63) is 107 Å². The van der Waals surface area contributed by atoms with Crippen molar-refractivity contribution in [1.29, 1.82) is 0 Å². The molecule has 3 aromatic carbocycles. The van der Waals surface area contributed by atoms with Gasteiger partial charge in [-0.3, -0.25) is 9.69 Å². The number of hydrogen-bond donors (Lipinski definition) is 0. The highest BCUT2D eigenvalue weighted by Crippen LogP contribution is 2.38. The van der Waals surface area contributed by atoms with Crippen LogP contribution in [0.15, 0.2) is 78.9 Å². The number of amides is 1. The lowest BCUT2D eigenvalue weighted by atomic mass is 9.85. The van der Waals surface area contributed by atoms with E-state index in [-0.39, 0.29) is 23.8 Å². The average molecular weight is 535 g/mol. The summed E-state index contributed by atoms with van der Waals surface area (Å²) >= 11 is 0. The predicted molar refractivity (Wildman–Crippen MR) is 148 cm³/mol. The van der Waals surface area contributed by atoms with Crippen LogP contribution in [-0.4, -0.2) is 41.4 Å². The van der Waals surface area contributed by atoms with Crippen molar-refractivity contribution in [2.75, 3.05) is 19.6 Å². The van der Waals surface area contributed by atoms with Gasteiger partial charge in [0.2, 0.25) is 0 Å². The van der Waals surface area contributed by atoms with E-state index in [1.54, 1.807) is 6.07 Å². The third-order valence-corrected chi connectivity index (χ3v) is 8.49. The maximum Gasteiger partial charge on any atom is 0.416 e. The Bertz CT molecular complexity index is 1250. The molecule has 5 rings (SSSR count). The van der Waals surface area contributed by atoms with Crippen LogP contribution in [-0.2, 0) is 12.7 Å². The number of rotatable bonds is 7. The first-order chi connectivity index (χ1) is 18.8. The van der Waals surface area contributed by atoms with E-state index in [1.165, 1.54) is 29.7 Å². The molecule has 0 aromatic heterocycles. The number of carbonyl (C=O) groups is 1. The van der Waals surface area contributed by atoms with E-state index in [9.17, 15) is 18.0 Å². The summed E-state index contributed by atoms with van der Waals surface area (Å²) in [6.45, 7) is 4.72. The fourth-order valence-electron chi connectivity index (χ4n) is 6.52. The molecule has 1 aliphatic heterocycles. The third kappa shape index (κ3) is 6.55. The molecule has 1 heterocycles. The SMILES string of the molecule is Cc1ccccc1C1CN(Cc2cccc(C(F)(F)F)c2)CC1CN(C(=O)c1ccccc1)C1CCCCC1. The van der Waals surface area contributed by atoms with Gasteiger partial charge in [0.05, 0.1) is 5.56 Å². The largest absolute Gasteiger partial charge is 0.416 e. The average Bonchev–Trinajstić information content (AvgIpc) is 3.34. The minimum absolute atomic E-state index is 0.0855. The van der Waals surface area contributed by atoms with E-state index >= 15 is 0 Å². The molecule has 2 atom stereocenters. The first-order valence-electron chi connectivity index (χ1n) is 14.1. The smallest absolute Gasteiger partial charge is 0.335 e. The highest BCUT2D eigenvalue weighted by molar-refractivity contribution is 5.94. The molecule has 0 radical (unpaired) electrons. The molecule has 6 heteroatoms. The molecule has 1 aliphatic carbocycles. The van der Waals surface area contributed by atoms with Gasteiger partial charge < -0.3 is 4.90 Å². The molecule has 1 saturated carbocycles. The summed E-state index contributed by atoms with van der Waals surface area (Å²) in [7, 11) is 0. The number of alkyl halides is 3. The van der Waals surface area contributed by atoms with E-state index < -0.39 is 11.7 Å². The van der Waals surface area contributed by atoms with Crippen molar-refractivity contribution in [3.8, 4) is 0 Å². The predicted octanol–water partition coefficient (Wildman–Crippen LogP) is 7.70. The minimum Gasteiger partial charge on any atom is -0.335 e. The van der Waals surface area contributed by atoms with E-state index in [0.29, 0.717) is 24.2 Å². The van der Waals surface area contributed by atoms with E-state index in [1.807, 2.05) is 36.4 Å². The second-order valence-corrected chi connectivity index (χ2v) is 11.2. The molecule has 206 valence electrons. The molecule has 0 spiro atoms. The molecular formula is C33H37F3N2O. The van der Waals surface area contributed by atoms with Gasteiger partial charge in [0.15, 0.2) is 0 Å². The number of nitrogens with zero attached hydrogens (tertiary/aromatic N) is 2. The fourth-order valence-corrected chi connectivity index (χ4v) is 6.52. The molecule has 2 unspecified atom stereocenters. The number of benzene rings is 3. The van der Waals surface area contributed by atoms with Crippen LogP contribution in [0.2, 0.25) is 0 Å². The highest BCUT2D eigenvalue weighted by Gasteiger charge is 2.38. The number of halogens is 3. The lowest BCUT2D eigenvalue weighted by Crippen LogP contribution is -2.45. The van der Waals surface area contributed by atoms with E-state index in [2.05, 4.69) is 34.9 Å². The minimum atomic E-state index is -4.36. The van der Waals surface area contributed by atoms with Gasteiger partial charge in [0.25, 0.3) is 5.91 Å². The zero-order chi connectivity index (χ0) is 27.4. The molecule has 39 heavy (non-hydrogen) atoms. The first-order valence-corrected chi connectivity index (χ1v) is 14.1. The zero-order valence-corrected chi connectivity index (χ0v) is 22.5. The summed E-state index contributed by atoms with van der Waals surface area (Å²) in [4.78, 5) is 18.2. The topological polar surface area (TPSA) is 23.6 Å². The maximum absolute atomic E-state index is 13.9. The van der Waals surface area contributed by atoms with Crippen LogP contribution < -0.4 is 0 Å². The van der Waals surface area contributed by atoms with Gasteiger partial charge >= 0.3 is 6.18 Å².